The summed E-state index contributed by atoms with van der Waals surface area (Å²) in [5.74, 6) is 0.835. The summed E-state index contributed by atoms with van der Waals surface area (Å²) in [6.45, 7) is 3.42. The van der Waals surface area contributed by atoms with Crippen molar-refractivity contribution in [2.75, 3.05) is 30.8 Å². The highest BCUT2D eigenvalue weighted by atomic mass is 16.5. The molecule has 0 atom stereocenters. The van der Waals surface area contributed by atoms with E-state index in [1.807, 2.05) is 42.2 Å². The van der Waals surface area contributed by atoms with Crippen molar-refractivity contribution in [3.8, 4) is 11.4 Å². The highest BCUT2D eigenvalue weighted by molar-refractivity contribution is 5.89. The van der Waals surface area contributed by atoms with E-state index in [9.17, 15) is 4.79 Å². The molecule has 2 aliphatic rings. The number of rotatable bonds is 2. The lowest BCUT2D eigenvalue weighted by atomic mass is 9.82. The Labute approximate surface area is 176 Å². The predicted molar refractivity (Wildman–Crippen MR) is 119 cm³/mol. The Morgan fingerprint density at radius 2 is 1.87 bits per heavy atom. The lowest BCUT2D eigenvalue weighted by Gasteiger charge is -2.46. The fourth-order valence-electron chi connectivity index (χ4n) is 4.57. The second-order valence-electron chi connectivity index (χ2n) is 8.14. The minimum Gasteiger partial charge on any atom is -0.497 e. The summed E-state index contributed by atoms with van der Waals surface area (Å²) in [6.07, 6.45) is 3.80. The van der Waals surface area contributed by atoms with Gasteiger partial charge >= 0.3 is 6.03 Å². The Morgan fingerprint density at radius 1 is 1.10 bits per heavy atom. The maximum absolute atomic E-state index is 12.8. The zero-order valence-electron chi connectivity index (χ0n) is 17.3. The number of hydrogen-bond acceptors (Lipinski definition) is 3. The number of hydrogen-bond donors (Lipinski definition) is 2. The molecule has 0 bridgehead atoms. The first kappa shape index (κ1) is 18.6. The molecule has 3 aromatic rings. The Balaban J connectivity index is 1.35. The van der Waals surface area contributed by atoms with E-state index in [1.165, 1.54) is 11.3 Å². The van der Waals surface area contributed by atoms with E-state index in [0.717, 1.165) is 35.7 Å². The van der Waals surface area contributed by atoms with Crippen LogP contribution >= 0.6 is 0 Å². The summed E-state index contributed by atoms with van der Waals surface area (Å²) < 4.78 is 7.68. The van der Waals surface area contributed by atoms with E-state index in [-0.39, 0.29) is 11.6 Å². The summed E-state index contributed by atoms with van der Waals surface area (Å²) in [4.78, 5) is 14.7. The third-order valence-corrected chi connectivity index (χ3v) is 6.28. The van der Waals surface area contributed by atoms with Crippen LogP contribution in [-0.4, -0.2) is 35.7 Å². The van der Waals surface area contributed by atoms with E-state index >= 15 is 0 Å². The fraction of sp³-hybridized carbons (Fsp3) is 0.292. The van der Waals surface area contributed by atoms with Crippen molar-refractivity contribution in [3.63, 3.8) is 0 Å². The van der Waals surface area contributed by atoms with Crippen LogP contribution in [0, 0.1) is 6.92 Å². The maximum atomic E-state index is 12.8. The van der Waals surface area contributed by atoms with Crippen molar-refractivity contribution >= 4 is 17.4 Å². The largest absolute Gasteiger partial charge is 0.497 e. The fourth-order valence-corrected chi connectivity index (χ4v) is 4.57. The first-order valence-corrected chi connectivity index (χ1v) is 10.3. The molecule has 6 heteroatoms. The van der Waals surface area contributed by atoms with E-state index < -0.39 is 0 Å². The average Bonchev–Trinajstić information content (AvgIpc) is 3.27. The predicted octanol–water partition coefficient (Wildman–Crippen LogP) is 4.74. The SMILES string of the molecule is COc1ccc2c(c1)NC1(CCN(C(=O)Nc3ccc(C)cc3)CC1)c1cccn1-2. The van der Waals surface area contributed by atoms with Crippen molar-refractivity contribution in [3.05, 3.63) is 72.1 Å². The number of aryl methyl sites for hydroxylation is 1. The lowest BCUT2D eigenvalue weighted by molar-refractivity contribution is 0.174. The Kier molecular flexibility index (Phi) is 4.42. The number of ether oxygens (including phenoxy) is 1. The summed E-state index contributed by atoms with van der Waals surface area (Å²) in [7, 11) is 1.69. The summed E-state index contributed by atoms with van der Waals surface area (Å²) >= 11 is 0. The summed E-state index contributed by atoms with van der Waals surface area (Å²) in [5, 5.41) is 6.81. The molecule has 1 saturated heterocycles. The number of benzene rings is 2. The van der Waals surface area contributed by atoms with Gasteiger partial charge in [0.15, 0.2) is 0 Å². The molecule has 0 unspecified atom stereocenters. The Hall–Kier alpha value is -3.41. The van der Waals surface area contributed by atoms with Crippen LogP contribution in [0.2, 0.25) is 0 Å². The van der Waals surface area contributed by atoms with Crippen molar-refractivity contribution in [1.82, 2.24) is 9.47 Å². The molecule has 30 heavy (non-hydrogen) atoms. The topological polar surface area (TPSA) is 58.5 Å². The number of fused-ring (bicyclic) bond motifs is 4. The van der Waals surface area contributed by atoms with Gasteiger partial charge in [-0.15, -0.1) is 0 Å². The monoisotopic (exact) mass is 402 g/mol. The first-order chi connectivity index (χ1) is 14.6. The van der Waals surface area contributed by atoms with Crippen LogP contribution in [0.25, 0.3) is 5.69 Å². The highest BCUT2D eigenvalue weighted by Crippen LogP contribution is 2.44. The van der Waals surface area contributed by atoms with E-state index in [0.29, 0.717) is 13.1 Å². The van der Waals surface area contributed by atoms with Gasteiger partial charge in [-0.2, -0.15) is 0 Å². The van der Waals surface area contributed by atoms with E-state index in [4.69, 9.17) is 4.74 Å². The number of nitrogens with zero attached hydrogens (tertiary/aromatic N) is 2. The third kappa shape index (κ3) is 3.09. The number of carbonyl (C=O) groups excluding carboxylic acids is 1. The van der Waals surface area contributed by atoms with Gasteiger partial charge in [-0.05, 0) is 56.2 Å². The second kappa shape index (κ2) is 7.13. The van der Waals surface area contributed by atoms with Crippen molar-refractivity contribution in [2.45, 2.75) is 25.3 Å². The molecule has 5 rings (SSSR count). The summed E-state index contributed by atoms with van der Waals surface area (Å²) in [6, 6.07) is 18.3. The molecule has 0 aliphatic carbocycles. The number of piperidine rings is 1. The number of nitrogens with one attached hydrogen (secondary N) is 2. The van der Waals surface area contributed by atoms with Crippen LogP contribution in [0.15, 0.2) is 60.8 Å². The summed E-state index contributed by atoms with van der Waals surface area (Å²) in [5.41, 5.74) is 5.26. The van der Waals surface area contributed by atoms with Gasteiger partial charge in [-0.3, -0.25) is 0 Å². The van der Waals surface area contributed by atoms with E-state index in [2.05, 4.69) is 45.7 Å². The number of amides is 2. The van der Waals surface area contributed by atoms with Gasteiger partial charge in [0.1, 0.15) is 5.75 Å². The molecule has 2 amide bonds. The van der Waals surface area contributed by atoms with Crippen molar-refractivity contribution in [2.24, 2.45) is 0 Å². The smallest absolute Gasteiger partial charge is 0.321 e. The van der Waals surface area contributed by atoms with Gasteiger partial charge in [0.2, 0.25) is 0 Å². The van der Waals surface area contributed by atoms with Gasteiger partial charge in [0.25, 0.3) is 0 Å². The zero-order valence-corrected chi connectivity index (χ0v) is 17.3. The average molecular weight is 402 g/mol. The molecule has 2 aromatic carbocycles. The number of methoxy groups -OCH3 is 1. The maximum Gasteiger partial charge on any atom is 0.321 e. The minimum atomic E-state index is -0.191. The van der Waals surface area contributed by atoms with Crippen molar-refractivity contribution < 1.29 is 9.53 Å². The molecular weight excluding hydrogens is 376 g/mol. The Bertz CT molecular complexity index is 1080. The van der Waals surface area contributed by atoms with Crippen LogP contribution in [0.3, 0.4) is 0 Å². The molecular formula is C24H26N4O2. The standard InChI is InChI=1S/C24H26N4O2/c1-17-5-7-18(8-6-17)25-23(29)27-14-11-24(12-15-27)22-4-3-13-28(22)21-10-9-19(30-2)16-20(21)26-24/h3-10,13,16,26H,11-12,14-15H2,1-2H3,(H,25,29). The molecule has 2 aliphatic heterocycles. The van der Waals surface area contributed by atoms with Gasteiger partial charge in [-0.1, -0.05) is 17.7 Å². The molecule has 1 spiro atoms. The normalized spacial score (nSPS) is 16.4. The highest BCUT2D eigenvalue weighted by Gasteiger charge is 2.42. The number of urea groups is 1. The molecule has 0 saturated carbocycles. The molecule has 1 fully saturated rings. The molecule has 0 radical (unpaired) electrons. The Morgan fingerprint density at radius 3 is 2.60 bits per heavy atom. The molecule has 6 nitrogen and oxygen atoms in total. The quantitative estimate of drug-likeness (QED) is 0.651. The van der Waals surface area contributed by atoms with Gasteiger partial charge < -0.3 is 24.8 Å². The molecule has 1 aromatic heterocycles. The number of carbonyl (C=O) groups is 1. The zero-order chi connectivity index (χ0) is 20.7. The molecule has 154 valence electrons. The third-order valence-electron chi connectivity index (χ3n) is 6.28. The van der Waals surface area contributed by atoms with Gasteiger partial charge in [-0.25, -0.2) is 4.79 Å². The van der Waals surface area contributed by atoms with Crippen LogP contribution < -0.4 is 15.4 Å². The van der Waals surface area contributed by atoms with Crippen LogP contribution in [0.5, 0.6) is 5.75 Å². The van der Waals surface area contributed by atoms with Crippen LogP contribution in [0.4, 0.5) is 16.2 Å². The van der Waals surface area contributed by atoms with E-state index in [1.54, 1.807) is 7.11 Å². The molecule has 2 N–H and O–H groups in total. The number of anilines is 2. The van der Waals surface area contributed by atoms with Crippen LogP contribution in [0.1, 0.15) is 24.1 Å². The molecule has 3 heterocycles. The lowest BCUT2D eigenvalue weighted by Crippen LogP contribution is -2.51. The van der Waals surface area contributed by atoms with Crippen LogP contribution in [-0.2, 0) is 5.54 Å². The second-order valence-corrected chi connectivity index (χ2v) is 8.14. The number of aromatic nitrogens is 1. The number of likely N-dealkylation sites (tertiary alicyclic amines) is 1. The van der Waals surface area contributed by atoms with Crippen molar-refractivity contribution in [1.29, 1.82) is 0 Å². The van der Waals surface area contributed by atoms with Gasteiger partial charge in [0, 0.05) is 36.7 Å². The van der Waals surface area contributed by atoms with Gasteiger partial charge in [0.05, 0.1) is 24.0 Å². The minimum absolute atomic E-state index is 0.0398. The first-order valence-electron chi connectivity index (χ1n) is 10.3.